The number of nitrogens with one attached hydrogen (secondary N) is 1. The van der Waals surface area contributed by atoms with Crippen molar-refractivity contribution in [2.75, 3.05) is 18.5 Å². The molecule has 24 heavy (non-hydrogen) atoms. The Balaban J connectivity index is 1.94. The predicted octanol–water partition coefficient (Wildman–Crippen LogP) is 4.40. The van der Waals surface area contributed by atoms with Crippen LogP contribution in [0, 0.1) is 0 Å². The van der Waals surface area contributed by atoms with E-state index in [-0.39, 0.29) is 17.9 Å². The van der Waals surface area contributed by atoms with Crippen molar-refractivity contribution in [3.05, 3.63) is 54.1 Å². The van der Waals surface area contributed by atoms with Gasteiger partial charge in [-0.15, -0.1) is 0 Å². The van der Waals surface area contributed by atoms with Crippen molar-refractivity contribution in [1.29, 1.82) is 0 Å². The lowest BCUT2D eigenvalue weighted by atomic mass is 9.86. The fraction of sp³-hybridized carbons (Fsp3) is 0.350. The van der Waals surface area contributed by atoms with Crippen LogP contribution in [0.15, 0.2) is 48.5 Å². The third-order valence-corrected chi connectivity index (χ3v) is 3.50. The Hall–Kier alpha value is -2.49. The van der Waals surface area contributed by atoms with Gasteiger partial charge >= 0.3 is 0 Å². The highest BCUT2D eigenvalue weighted by atomic mass is 16.5. The molecule has 0 spiro atoms. The summed E-state index contributed by atoms with van der Waals surface area (Å²) in [7, 11) is 0. The molecule has 0 aliphatic rings. The minimum atomic E-state index is -0.192. The number of para-hydroxylation sites is 1. The summed E-state index contributed by atoms with van der Waals surface area (Å²) in [4.78, 5) is 12.1. The van der Waals surface area contributed by atoms with Gasteiger partial charge in [0.05, 0.1) is 6.61 Å². The SMILES string of the molecule is CCOc1ccc(NC(=O)COc2ccccc2C(C)(C)C)cc1. The Morgan fingerprint density at radius 1 is 1.00 bits per heavy atom. The average molecular weight is 327 g/mol. The van der Waals surface area contributed by atoms with Crippen molar-refractivity contribution >= 4 is 11.6 Å². The fourth-order valence-corrected chi connectivity index (χ4v) is 2.35. The minimum Gasteiger partial charge on any atom is -0.494 e. The number of carbonyl (C=O) groups is 1. The first-order valence-electron chi connectivity index (χ1n) is 8.15. The second-order valence-corrected chi connectivity index (χ2v) is 6.54. The highest BCUT2D eigenvalue weighted by molar-refractivity contribution is 5.91. The van der Waals surface area contributed by atoms with Crippen molar-refractivity contribution < 1.29 is 14.3 Å². The van der Waals surface area contributed by atoms with Crippen molar-refractivity contribution in [3.8, 4) is 11.5 Å². The number of hydrogen-bond acceptors (Lipinski definition) is 3. The zero-order chi connectivity index (χ0) is 17.6. The number of carbonyl (C=O) groups excluding carboxylic acids is 1. The summed E-state index contributed by atoms with van der Waals surface area (Å²) in [5.41, 5.74) is 1.76. The van der Waals surface area contributed by atoms with Gasteiger partial charge in [-0.05, 0) is 48.2 Å². The van der Waals surface area contributed by atoms with Crippen LogP contribution >= 0.6 is 0 Å². The van der Waals surface area contributed by atoms with Gasteiger partial charge in [-0.3, -0.25) is 4.79 Å². The second-order valence-electron chi connectivity index (χ2n) is 6.54. The molecule has 4 heteroatoms. The molecule has 2 aromatic rings. The molecule has 1 N–H and O–H groups in total. The van der Waals surface area contributed by atoms with Crippen molar-refractivity contribution in [1.82, 2.24) is 0 Å². The van der Waals surface area contributed by atoms with Gasteiger partial charge in [0.1, 0.15) is 11.5 Å². The van der Waals surface area contributed by atoms with Gasteiger partial charge in [0.25, 0.3) is 5.91 Å². The maximum atomic E-state index is 12.1. The average Bonchev–Trinajstić information content (AvgIpc) is 2.54. The largest absolute Gasteiger partial charge is 0.494 e. The van der Waals surface area contributed by atoms with Gasteiger partial charge in [0.15, 0.2) is 6.61 Å². The lowest BCUT2D eigenvalue weighted by molar-refractivity contribution is -0.118. The molecule has 0 saturated heterocycles. The first-order valence-corrected chi connectivity index (χ1v) is 8.15. The van der Waals surface area contributed by atoms with E-state index in [9.17, 15) is 4.79 Å². The molecule has 2 aromatic carbocycles. The van der Waals surface area contributed by atoms with E-state index in [1.165, 1.54) is 0 Å². The molecular weight excluding hydrogens is 302 g/mol. The highest BCUT2D eigenvalue weighted by Crippen LogP contribution is 2.30. The summed E-state index contributed by atoms with van der Waals surface area (Å²) < 4.78 is 11.1. The maximum absolute atomic E-state index is 12.1. The zero-order valence-electron chi connectivity index (χ0n) is 14.8. The van der Waals surface area contributed by atoms with Crippen LogP contribution in [0.25, 0.3) is 0 Å². The van der Waals surface area contributed by atoms with E-state index < -0.39 is 0 Å². The van der Waals surface area contributed by atoms with Crippen LogP contribution in [-0.2, 0) is 10.2 Å². The van der Waals surface area contributed by atoms with E-state index in [2.05, 4.69) is 26.1 Å². The summed E-state index contributed by atoms with van der Waals surface area (Å²) in [6, 6.07) is 15.1. The maximum Gasteiger partial charge on any atom is 0.262 e. The van der Waals surface area contributed by atoms with Gasteiger partial charge < -0.3 is 14.8 Å². The van der Waals surface area contributed by atoms with Crippen LogP contribution in [0.1, 0.15) is 33.3 Å². The van der Waals surface area contributed by atoms with Gasteiger partial charge in [-0.2, -0.15) is 0 Å². The topological polar surface area (TPSA) is 47.6 Å². The van der Waals surface area contributed by atoms with E-state index in [0.717, 1.165) is 22.7 Å². The van der Waals surface area contributed by atoms with Crippen LogP contribution in [0.4, 0.5) is 5.69 Å². The van der Waals surface area contributed by atoms with E-state index in [1.54, 1.807) is 0 Å². The van der Waals surface area contributed by atoms with E-state index >= 15 is 0 Å². The van der Waals surface area contributed by atoms with Gasteiger partial charge in [0, 0.05) is 5.69 Å². The molecule has 0 aliphatic carbocycles. The monoisotopic (exact) mass is 327 g/mol. The molecule has 2 rings (SSSR count). The van der Waals surface area contributed by atoms with Crippen LogP contribution in [0.3, 0.4) is 0 Å². The Bertz CT molecular complexity index is 672. The molecular formula is C20H25NO3. The van der Waals surface area contributed by atoms with Gasteiger partial charge in [0.2, 0.25) is 0 Å². The van der Waals surface area contributed by atoms with Crippen molar-refractivity contribution in [2.24, 2.45) is 0 Å². The second kappa shape index (κ2) is 7.86. The quantitative estimate of drug-likeness (QED) is 0.855. The summed E-state index contributed by atoms with van der Waals surface area (Å²) >= 11 is 0. The number of anilines is 1. The Morgan fingerprint density at radius 2 is 1.67 bits per heavy atom. The highest BCUT2D eigenvalue weighted by Gasteiger charge is 2.18. The zero-order valence-corrected chi connectivity index (χ0v) is 14.8. The summed E-state index contributed by atoms with van der Waals surface area (Å²) in [6.07, 6.45) is 0. The minimum absolute atomic E-state index is 0.0275. The van der Waals surface area contributed by atoms with Gasteiger partial charge in [-0.25, -0.2) is 0 Å². The summed E-state index contributed by atoms with van der Waals surface area (Å²) in [6.45, 7) is 8.88. The lowest BCUT2D eigenvalue weighted by Crippen LogP contribution is -2.21. The van der Waals surface area contributed by atoms with E-state index in [4.69, 9.17) is 9.47 Å². The molecule has 128 valence electrons. The van der Waals surface area contributed by atoms with Crippen LogP contribution < -0.4 is 14.8 Å². The van der Waals surface area contributed by atoms with Crippen LogP contribution in [0.2, 0.25) is 0 Å². The molecule has 0 saturated carbocycles. The number of hydrogen-bond donors (Lipinski definition) is 1. The molecule has 0 aliphatic heterocycles. The molecule has 0 atom stereocenters. The fourth-order valence-electron chi connectivity index (χ4n) is 2.35. The molecule has 0 radical (unpaired) electrons. The number of amides is 1. The summed E-state index contributed by atoms with van der Waals surface area (Å²) in [5.74, 6) is 1.33. The van der Waals surface area contributed by atoms with E-state index in [0.29, 0.717) is 6.61 Å². The van der Waals surface area contributed by atoms with Crippen LogP contribution in [-0.4, -0.2) is 19.1 Å². The smallest absolute Gasteiger partial charge is 0.262 e. The van der Waals surface area contributed by atoms with Gasteiger partial charge in [-0.1, -0.05) is 39.0 Å². The number of benzene rings is 2. The molecule has 0 fully saturated rings. The standard InChI is InChI=1S/C20H25NO3/c1-5-23-16-12-10-15(11-13-16)21-19(22)14-24-18-9-7-6-8-17(18)20(2,3)4/h6-13H,5,14H2,1-4H3,(H,21,22). The normalized spacial score (nSPS) is 11.0. The first kappa shape index (κ1) is 17.9. The van der Waals surface area contributed by atoms with Crippen LogP contribution in [0.5, 0.6) is 11.5 Å². The molecule has 0 heterocycles. The molecule has 0 bridgehead atoms. The Labute approximate surface area is 143 Å². The molecule has 1 amide bonds. The van der Waals surface area contributed by atoms with E-state index in [1.807, 2.05) is 55.5 Å². The predicted molar refractivity (Wildman–Crippen MR) is 96.9 cm³/mol. The third-order valence-electron chi connectivity index (χ3n) is 3.50. The Morgan fingerprint density at radius 3 is 2.29 bits per heavy atom. The van der Waals surface area contributed by atoms with Crippen molar-refractivity contribution in [3.63, 3.8) is 0 Å². The number of rotatable bonds is 6. The first-order chi connectivity index (χ1) is 11.4. The Kier molecular flexibility index (Phi) is 5.85. The molecule has 0 unspecified atom stereocenters. The van der Waals surface area contributed by atoms with Crippen molar-refractivity contribution in [2.45, 2.75) is 33.1 Å². The number of ether oxygens (including phenoxy) is 2. The molecule has 0 aromatic heterocycles. The molecule has 4 nitrogen and oxygen atoms in total. The lowest BCUT2D eigenvalue weighted by Gasteiger charge is -2.22. The summed E-state index contributed by atoms with van der Waals surface area (Å²) in [5, 5.41) is 2.82. The third kappa shape index (κ3) is 5.01.